The minimum Gasteiger partial charge on any atom is -0.490 e. The number of para-hydroxylation sites is 1. The topological polar surface area (TPSA) is 61.8 Å². The van der Waals surface area contributed by atoms with E-state index >= 15 is 0 Å². The molecule has 0 unspecified atom stereocenters. The molecule has 0 saturated heterocycles. The van der Waals surface area contributed by atoms with Crippen molar-refractivity contribution in [3.8, 4) is 11.5 Å². The van der Waals surface area contributed by atoms with Crippen LogP contribution in [-0.2, 0) is 4.74 Å². The summed E-state index contributed by atoms with van der Waals surface area (Å²) in [6, 6.07) is 12.5. The Labute approximate surface area is 156 Å². The molecule has 1 atom stereocenters. The third kappa shape index (κ3) is 2.15. The number of rotatable bonds is 2. The molecule has 2 heterocycles. The Morgan fingerprint density at radius 2 is 1.81 bits per heavy atom. The van der Waals surface area contributed by atoms with Crippen molar-refractivity contribution in [2.45, 2.75) is 25.0 Å². The lowest BCUT2D eigenvalue weighted by atomic mass is 9.85. The van der Waals surface area contributed by atoms with Crippen molar-refractivity contribution in [2.24, 2.45) is 0 Å². The largest absolute Gasteiger partial charge is 0.490 e. The van der Waals surface area contributed by atoms with Crippen LogP contribution in [0.2, 0.25) is 0 Å². The molecule has 0 amide bonds. The zero-order valence-electron chi connectivity index (χ0n) is 14.9. The Bertz CT molecular complexity index is 969. The lowest BCUT2D eigenvalue weighted by molar-refractivity contribution is -0.0515. The van der Waals surface area contributed by atoms with Crippen molar-refractivity contribution in [2.75, 3.05) is 13.2 Å². The molecule has 2 aromatic rings. The van der Waals surface area contributed by atoms with Gasteiger partial charge in [0.1, 0.15) is 12.7 Å². The maximum absolute atomic E-state index is 13.1. The second-order valence-corrected chi connectivity index (χ2v) is 6.91. The number of ketones is 2. The predicted octanol–water partition coefficient (Wildman–Crippen LogP) is 3.68. The van der Waals surface area contributed by atoms with Crippen LogP contribution in [0.1, 0.15) is 45.7 Å². The summed E-state index contributed by atoms with van der Waals surface area (Å²) in [6.45, 7) is 2.78. The fraction of sp³-hybridized carbons (Fsp3) is 0.273. The summed E-state index contributed by atoms with van der Waals surface area (Å²) in [4.78, 5) is 26.2. The summed E-state index contributed by atoms with van der Waals surface area (Å²) < 4.78 is 17.9. The summed E-state index contributed by atoms with van der Waals surface area (Å²) in [5.41, 5.74) is 1.12. The van der Waals surface area contributed by atoms with E-state index in [9.17, 15) is 9.59 Å². The van der Waals surface area contributed by atoms with E-state index in [-0.39, 0.29) is 18.0 Å². The van der Waals surface area contributed by atoms with E-state index < -0.39 is 11.7 Å². The smallest absolute Gasteiger partial charge is 0.203 e. The van der Waals surface area contributed by atoms with Gasteiger partial charge in [-0.15, -0.1) is 0 Å². The van der Waals surface area contributed by atoms with Gasteiger partial charge in [-0.05, 0) is 18.6 Å². The van der Waals surface area contributed by atoms with Crippen molar-refractivity contribution in [3.63, 3.8) is 0 Å². The van der Waals surface area contributed by atoms with Crippen LogP contribution in [-0.4, -0.2) is 30.4 Å². The molecule has 5 rings (SSSR count). The molecule has 0 bridgehead atoms. The van der Waals surface area contributed by atoms with Crippen LogP contribution >= 0.6 is 0 Å². The van der Waals surface area contributed by atoms with Crippen LogP contribution in [0.15, 0.2) is 54.1 Å². The SMILES string of the molecule is CCOc1cccc2c1OCC1=CCC3(O[C@H]12)C(=O)c1ccccc1C3=O. The van der Waals surface area contributed by atoms with E-state index in [4.69, 9.17) is 14.2 Å². The van der Waals surface area contributed by atoms with Gasteiger partial charge in [0, 0.05) is 23.1 Å². The number of benzene rings is 2. The van der Waals surface area contributed by atoms with Gasteiger partial charge in [-0.2, -0.15) is 0 Å². The molecule has 0 aromatic heterocycles. The average Bonchev–Trinajstić information content (AvgIpc) is 2.91. The number of fused-ring (bicyclic) bond motifs is 4. The Morgan fingerprint density at radius 1 is 1.07 bits per heavy atom. The lowest BCUT2D eigenvalue weighted by Gasteiger charge is -2.39. The number of ether oxygens (including phenoxy) is 3. The quantitative estimate of drug-likeness (QED) is 0.602. The van der Waals surface area contributed by atoms with Gasteiger partial charge in [-0.3, -0.25) is 9.59 Å². The second-order valence-electron chi connectivity index (χ2n) is 6.91. The molecule has 5 heteroatoms. The third-order valence-electron chi connectivity index (χ3n) is 5.43. The van der Waals surface area contributed by atoms with Gasteiger partial charge in [0.15, 0.2) is 17.1 Å². The van der Waals surface area contributed by atoms with Crippen LogP contribution in [0.4, 0.5) is 0 Å². The normalized spacial score (nSPS) is 21.8. The molecular formula is C22H18O5. The maximum Gasteiger partial charge on any atom is 0.203 e. The molecule has 0 radical (unpaired) electrons. The molecule has 5 nitrogen and oxygen atoms in total. The summed E-state index contributed by atoms with van der Waals surface area (Å²) in [6.07, 6.45) is 1.66. The highest BCUT2D eigenvalue weighted by atomic mass is 16.5. The zero-order valence-corrected chi connectivity index (χ0v) is 14.9. The Balaban J connectivity index is 1.59. The zero-order chi connectivity index (χ0) is 18.6. The van der Waals surface area contributed by atoms with Crippen molar-refractivity contribution >= 4 is 11.6 Å². The lowest BCUT2D eigenvalue weighted by Crippen LogP contribution is -2.48. The van der Waals surface area contributed by atoms with Crippen molar-refractivity contribution in [1.82, 2.24) is 0 Å². The minimum atomic E-state index is -1.48. The van der Waals surface area contributed by atoms with Crippen molar-refractivity contribution in [1.29, 1.82) is 0 Å². The first kappa shape index (κ1) is 16.3. The van der Waals surface area contributed by atoms with Crippen molar-refractivity contribution in [3.05, 3.63) is 70.8 Å². The maximum atomic E-state index is 13.1. The number of hydrogen-bond acceptors (Lipinski definition) is 5. The standard InChI is InChI=1S/C22H18O5/c1-2-25-17-9-5-8-16-18-13(12-26-19(16)17)10-11-22(27-18)20(23)14-6-3-4-7-15(14)21(22)24/h3-10,18H,2,11-12H2,1H3/t18-/m1/s1. The summed E-state index contributed by atoms with van der Waals surface area (Å²) in [7, 11) is 0. The molecule has 136 valence electrons. The molecule has 27 heavy (non-hydrogen) atoms. The van der Waals surface area contributed by atoms with E-state index in [1.54, 1.807) is 24.3 Å². The van der Waals surface area contributed by atoms with E-state index in [1.165, 1.54) is 0 Å². The monoisotopic (exact) mass is 362 g/mol. The first-order valence-corrected chi connectivity index (χ1v) is 9.09. The summed E-state index contributed by atoms with van der Waals surface area (Å²) >= 11 is 0. The van der Waals surface area contributed by atoms with Gasteiger partial charge < -0.3 is 14.2 Å². The fourth-order valence-electron chi connectivity index (χ4n) is 4.13. The Kier molecular flexibility index (Phi) is 3.49. The first-order chi connectivity index (χ1) is 13.2. The van der Waals surface area contributed by atoms with E-state index in [2.05, 4.69) is 0 Å². The van der Waals surface area contributed by atoms with Crippen LogP contribution < -0.4 is 9.47 Å². The molecule has 3 aliphatic rings. The van der Waals surface area contributed by atoms with Gasteiger partial charge in [-0.1, -0.05) is 42.5 Å². The number of carbonyl (C=O) groups is 2. The fourth-order valence-corrected chi connectivity index (χ4v) is 4.13. The van der Waals surface area contributed by atoms with Crippen LogP contribution in [0.3, 0.4) is 0 Å². The van der Waals surface area contributed by atoms with Gasteiger partial charge in [0.2, 0.25) is 11.6 Å². The van der Waals surface area contributed by atoms with E-state index in [0.717, 1.165) is 11.1 Å². The highest BCUT2D eigenvalue weighted by molar-refractivity contribution is 6.32. The van der Waals surface area contributed by atoms with Gasteiger partial charge in [0.25, 0.3) is 0 Å². The highest BCUT2D eigenvalue weighted by Crippen LogP contribution is 2.50. The van der Waals surface area contributed by atoms with Gasteiger partial charge in [0.05, 0.1) is 6.61 Å². The van der Waals surface area contributed by atoms with Gasteiger partial charge in [-0.25, -0.2) is 0 Å². The summed E-state index contributed by atoms with van der Waals surface area (Å²) in [5, 5.41) is 0. The second kappa shape index (κ2) is 5.79. The molecule has 2 aliphatic heterocycles. The number of Topliss-reactive ketones (excluding diaryl/α,β-unsaturated/α-hetero) is 2. The Hall–Kier alpha value is -2.92. The molecule has 0 saturated carbocycles. The van der Waals surface area contributed by atoms with Crippen molar-refractivity contribution < 1.29 is 23.8 Å². The molecule has 1 aliphatic carbocycles. The number of hydrogen-bond donors (Lipinski definition) is 0. The average molecular weight is 362 g/mol. The Morgan fingerprint density at radius 3 is 2.52 bits per heavy atom. The van der Waals surface area contributed by atoms with Gasteiger partial charge >= 0.3 is 0 Å². The first-order valence-electron chi connectivity index (χ1n) is 9.09. The third-order valence-corrected chi connectivity index (χ3v) is 5.43. The minimum absolute atomic E-state index is 0.231. The molecular weight excluding hydrogens is 344 g/mol. The van der Waals surface area contributed by atoms with Crippen LogP contribution in [0.25, 0.3) is 0 Å². The number of carbonyl (C=O) groups excluding carboxylic acids is 2. The molecule has 0 N–H and O–H groups in total. The van der Waals surface area contributed by atoms with Crippen LogP contribution in [0, 0.1) is 0 Å². The highest BCUT2D eigenvalue weighted by Gasteiger charge is 2.57. The molecule has 2 aromatic carbocycles. The summed E-state index contributed by atoms with van der Waals surface area (Å²) in [5.74, 6) is 0.749. The molecule has 1 spiro atoms. The van der Waals surface area contributed by atoms with Crippen LogP contribution in [0.5, 0.6) is 11.5 Å². The molecule has 0 fully saturated rings. The van der Waals surface area contributed by atoms with E-state index in [1.807, 2.05) is 31.2 Å². The van der Waals surface area contributed by atoms with E-state index in [0.29, 0.717) is 35.8 Å². The predicted molar refractivity (Wildman–Crippen MR) is 97.5 cm³/mol.